The van der Waals surface area contributed by atoms with Gasteiger partial charge in [-0.2, -0.15) is 0 Å². The molecule has 0 aliphatic carbocycles. The summed E-state index contributed by atoms with van der Waals surface area (Å²) in [6.07, 6.45) is 2.23. The summed E-state index contributed by atoms with van der Waals surface area (Å²) >= 11 is 0. The molecule has 0 saturated carbocycles. The Hall–Kier alpha value is -2.18. The molecule has 1 fully saturated rings. The van der Waals surface area contributed by atoms with E-state index in [1.807, 2.05) is 56.3 Å². The second kappa shape index (κ2) is 9.09. The fraction of sp³-hybridized carbons (Fsp3) is 0.435. The van der Waals surface area contributed by atoms with Crippen LogP contribution in [0.2, 0.25) is 0 Å². The largest absolute Gasteiger partial charge is 0.325 e. The fourth-order valence-electron chi connectivity index (χ4n) is 3.90. The Balaban J connectivity index is 1.72. The maximum Gasteiger partial charge on any atom is 0.228 e. The number of sulfonamides is 1. The van der Waals surface area contributed by atoms with Gasteiger partial charge < -0.3 is 5.32 Å². The molecule has 1 saturated heterocycles. The summed E-state index contributed by atoms with van der Waals surface area (Å²) in [6, 6.07) is 13.5. The zero-order chi connectivity index (χ0) is 21.0. The first-order valence-corrected chi connectivity index (χ1v) is 11.8. The molecule has 1 aliphatic heterocycles. The minimum atomic E-state index is -3.47. The van der Waals surface area contributed by atoms with E-state index in [9.17, 15) is 13.2 Å². The van der Waals surface area contributed by atoms with Crippen molar-refractivity contribution in [1.82, 2.24) is 4.31 Å². The number of aryl methyl sites for hydroxylation is 3. The van der Waals surface area contributed by atoms with E-state index in [2.05, 4.69) is 12.2 Å². The summed E-state index contributed by atoms with van der Waals surface area (Å²) in [6.45, 7) is 6.68. The molecule has 2 aromatic rings. The molecular formula is C23H30N2O3S. The van der Waals surface area contributed by atoms with Crippen LogP contribution in [0, 0.1) is 19.8 Å². The number of anilines is 1. The number of para-hydroxylation sites is 1. The van der Waals surface area contributed by atoms with Crippen molar-refractivity contribution in [2.75, 3.05) is 18.4 Å². The highest BCUT2D eigenvalue weighted by atomic mass is 32.2. The normalized spacial score (nSPS) is 17.8. The summed E-state index contributed by atoms with van der Waals surface area (Å²) in [5.41, 5.74) is 4.76. The lowest BCUT2D eigenvalue weighted by molar-refractivity contribution is -0.120. The number of hydrogen-bond donors (Lipinski definition) is 1. The van der Waals surface area contributed by atoms with Crippen LogP contribution in [0.1, 0.15) is 42.0 Å². The Labute approximate surface area is 174 Å². The van der Waals surface area contributed by atoms with E-state index in [4.69, 9.17) is 0 Å². The minimum Gasteiger partial charge on any atom is -0.325 e. The van der Waals surface area contributed by atoms with Crippen LogP contribution in [0.4, 0.5) is 5.69 Å². The third-order valence-corrected chi connectivity index (χ3v) is 7.53. The van der Waals surface area contributed by atoms with Crippen LogP contribution in [0.25, 0.3) is 0 Å². The van der Waals surface area contributed by atoms with Crippen molar-refractivity contribution in [3.8, 4) is 0 Å². The van der Waals surface area contributed by atoms with Crippen molar-refractivity contribution in [1.29, 1.82) is 0 Å². The zero-order valence-corrected chi connectivity index (χ0v) is 18.3. The first-order valence-electron chi connectivity index (χ1n) is 10.2. The third kappa shape index (κ3) is 5.06. The van der Waals surface area contributed by atoms with Gasteiger partial charge in [-0.15, -0.1) is 0 Å². The lowest BCUT2D eigenvalue weighted by Crippen LogP contribution is -2.44. The van der Waals surface area contributed by atoms with Gasteiger partial charge in [0, 0.05) is 18.8 Å². The Morgan fingerprint density at radius 2 is 1.76 bits per heavy atom. The SMILES string of the molecule is CCc1cccc(C)c1NC(=O)[C@H]1CCCN(S(=O)(=O)Cc2ccccc2C)C1. The molecule has 5 nitrogen and oxygen atoms in total. The van der Waals surface area contributed by atoms with Crippen molar-refractivity contribution in [3.63, 3.8) is 0 Å². The summed E-state index contributed by atoms with van der Waals surface area (Å²) in [7, 11) is -3.47. The average molecular weight is 415 g/mol. The first kappa shape index (κ1) is 21.5. The average Bonchev–Trinajstić information content (AvgIpc) is 2.71. The van der Waals surface area contributed by atoms with Gasteiger partial charge in [-0.1, -0.05) is 49.4 Å². The van der Waals surface area contributed by atoms with Gasteiger partial charge in [-0.3, -0.25) is 4.79 Å². The molecule has 0 aromatic heterocycles. The molecule has 2 aromatic carbocycles. The Morgan fingerprint density at radius 1 is 1.07 bits per heavy atom. The highest BCUT2D eigenvalue weighted by molar-refractivity contribution is 7.88. The zero-order valence-electron chi connectivity index (χ0n) is 17.4. The standard InChI is InChI=1S/C23H30N2O3S/c1-4-19-12-7-10-18(3)22(19)24-23(26)20-13-8-14-25(15-20)29(27,28)16-21-11-6-5-9-17(21)2/h5-7,9-12,20H,4,8,13-16H2,1-3H3,(H,24,26)/t20-/m0/s1. The van der Waals surface area contributed by atoms with Gasteiger partial charge in [-0.05, 0) is 55.4 Å². The number of rotatable bonds is 6. The van der Waals surface area contributed by atoms with Crippen LogP contribution in [-0.2, 0) is 27.0 Å². The number of carbonyl (C=O) groups is 1. The van der Waals surface area contributed by atoms with Crippen molar-refractivity contribution in [2.45, 2.75) is 45.8 Å². The number of carbonyl (C=O) groups excluding carboxylic acids is 1. The molecule has 1 heterocycles. The molecule has 0 radical (unpaired) electrons. The highest BCUT2D eigenvalue weighted by Crippen LogP contribution is 2.26. The van der Waals surface area contributed by atoms with Crippen molar-refractivity contribution >= 4 is 21.6 Å². The molecule has 1 N–H and O–H groups in total. The molecular weight excluding hydrogens is 384 g/mol. The fourth-order valence-corrected chi connectivity index (χ4v) is 5.61. The number of piperidine rings is 1. The van der Waals surface area contributed by atoms with Crippen molar-refractivity contribution < 1.29 is 13.2 Å². The molecule has 29 heavy (non-hydrogen) atoms. The summed E-state index contributed by atoms with van der Waals surface area (Å²) in [5.74, 6) is -0.448. The molecule has 0 bridgehead atoms. The van der Waals surface area contributed by atoms with Crippen molar-refractivity contribution in [3.05, 3.63) is 64.7 Å². The second-order valence-corrected chi connectivity index (χ2v) is 9.80. The van der Waals surface area contributed by atoms with E-state index in [0.29, 0.717) is 19.4 Å². The van der Waals surface area contributed by atoms with Gasteiger partial charge in [0.25, 0.3) is 0 Å². The van der Waals surface area contributed by atoms with Gasteiger partial charge in [0.1, 0.15) is 0 Å². The van der Waals surface area contributed by atoms with Crippen LogP contribution in [0.15, 0.2) is 42.5 Å². The monoisotopic (exact) mass is 414 g/mol. The molecule has 0 unspecified atom stereocenters. The third-order valence-electron chi connectivity index (χ3n) is 5.74. The van der Waals surface area contributed by atoms with Crippen LogP contribution in [0.5, 0.6) is 0 Å². The van der Waals surface area contributed by atoms with E-state index >= 15 is 0 Å². The van der Waals surface area contributed by atoms with Crippen LogP contribution < -0.4 is 5.32 Å². The lowest BCUT2D eigenvalue weighted by atomic mass is 9.98. The Kier molecular flexibility index (Phi) is 6.75. The summed E-state index contributed by atoms with van der Waals surface area (Å²) in [4.78, 5) is 12.9. The number of amides is 1. The molecule has 3 rings (SSSR count). The van der Waals surface area contributed by atoms with Gasteiger partial charge in [0.2, 0.25) is 15.9 Å². The molecule has 1 atom stereocenters. The van der Waals surface area contributed by atoms with Gasteiger partial charge >= 0.3 is 0 Å². The van der Waals surface area contributed by atoms with Crippen LogP contribution in [0.3, 0.4) is 0 Å². The van der Waals surface area contributed by atoms with Gasteiger partial charge in [-0.25, -0.2) is 12.7 Å². The first-order chi connectivity index (χ1) is 13.8. The lowest BCUT2D eigenvalue weighted by Gasteiger charge is -2.31. The molecule has 0 spiro atoms. The van der Waals surface area contributed by atoms with Crippen LogP contribution >= 0.6 is 0 Å². The Bertz CT molecular complexity index is 985. The van der Waals surface area contributed by atoms with E-state index in [1.165, 1.54) is 4.31 Å². The summed E-state index contributed by atoms with van der Waals surface area (Å²) < 4.78 is 27.5. The number of hydrogen-bond acceptors (Lipinski definition) is 3. The number of nitrogens with one attached hydrogen (secondary N) is 1. The van der Waals surface area contributed by atoms with E-state index in [-0.39, 0.29) is 24.1 Å². The number of benzene rings is 2. The molecule has 1 aliphatic rings. The second-order valence-electron chi connectivity index (χ2n) is 7.83. The van der Waals surface area contributed by atoms with Crippen molar-refractivity contribution in [2.24, 2.45) is 5.92 Å². The molecule has 1 amide bonds. The predicted molar refractivity (Wildman–Crippen MR) is 117 cm³/mol. The van der Waals surface area contributed by atoms with E-state index in [0.717, 1.165) is 34.4 Å². The highest BCUT2D eigenvalue weighted by Gasteiger charge is 2.33. The smallest absolute Gasteiger partial charge is 0.228 e. The summed E-state index contributed by atoms with van der Waals surface area (Å²) in [5, 5.41) is 3.07. The molecule has 6 heteroatoms. The van der Waals surface area contributed by atoms with Crippen LogP contribution in [-0.4, -0.2) is 31.7 Å². The van der Waals surface area contributed by atoms with E-state index in [1.54, 1.807) is 0 Å². The Morgan fingerprint density at radius 3 is 2.48 bits per heavy atom. The quantitative estimate of drug-likeness (QED) is 0.776. The number of nitrogens with zero attached hydrogens (tertiary/aromatic N) is 1. The predicted octanol–water partition coefficient (Wildman–Crippen LogP) is 4.05. The van der Waals surface area contributed by atoms with E-state index < -0.39 is 10.0 Å². The maximum absolute atomic E-state index is 13.0. The van der Waals surface area contributed by atoms with Gasteiger partial charge in [0.15, 0.2) is 0 Å². The maximum atomic E-state index is 13.0. The van der Waals surface area contributed by atoms with Gasteiger partial charge in [0.05, 0.1) is 11.7 Å². The minimum absolute atomic E-state index is 0.0220. The molecule has 156 valence electrons. The topological polar surface area (TPSA) is 66.5 Å².